The topological polar surface area (TPSA) is 33.0 Å². The third-order valence-corrected chi connectivity index (χ3v) is 3.62. The van der Waals surface area contributed by atoms with Gasteiger partial charge >= 0.3 is 0 Å². The molecule has 1 N–H and O–H groups in total. The molecule has 0 saturated heterocycles. The maximum atomic E-state index is 12.2. The van der Waals surface area contributed by atoms with Gasteiger partial charge in [-0.25, -0.2) is 0 Å². The summed E-state index contributed by atoms with van der Waals surface area (Å²) in [5.74, 6) is 0.456. The first-order chi connectivity index (χ1) is 9.97. The Morgan fingerprint density at radius 2 is 1.77 bits per heavy atom. The molecule has 2 rings (SSSR count). The Morgan fingerprint density at radius 3 is 2.36 bits per heavy atom. The molecule has 0 bridgehead atoms. The van der Waals surface area contributed by atoms with E-state index in [1.165, 1.54) is 5.56 Å². The summed E-state index contributed by atoms with van der Waals surface area (Å²) in [5.41, 5.74) is 4.33. The maximum absolute atomic E-state index is 12.2. The van der Waals surface area contributed by atoms with Gasteiger partial charge < -0.3 is 5.32 Å². The molecule has 0 aliphatic carbocycles. The average Bonchev–Trinajstić information content (AvgIpc) is 2.43. The first-order valence-electron chi connectivity index (χ1n) is 7.32. The largest absolute Gasteiger partial charge is 0.320 e. The van der Waals surface area contributed by atoms with E-state index in [2.05, 4.69) is 25.2 Å². The molecule has 1 aromatic carbocycles. The first kappa shape index (κ1) is 19.0. The quantitative estimate of drug-likeness (QED) is 0.821. The smallest absolute Gasteiger partial charge is 0.290 e. The Kier molecular flexibility index (Phi) is 7.38. The van der Waals surface area contributed by atoms with Crippen molar-refractivity contribution in [1.29, 1.82) is 0 Å². The van der Waals surface area contributed by atoms with E-state index in [9.17, 15) is 4.79 Å². The number of nitrogens with zero attached hydrogens (tertiary/aromatic N) is 1. The summed E-state index contributed by atoms with van der Waals surface area (Å²) >= 11 is 0. The predicted octanol–water partition coefficient (Wildman–Crippen LogP) is 3.35. The van der Waals surface area contributed by atoms with E-state index in [0.717, 1.165) is 16.8 Å². The fourth-order valence-electron chi connectivity index (χ4n) is 2.34. The molecule has 1 amide bonds. The van der Waals surface area contributed by atoms with Crippen LogP contribution in [-0.4, -0.2) is 5.91 Å². The van der Waals surface area contributed by atoms with Crippen molar-refractivity contribution in [3.05, 3.63) is 59.4 Å². The standard InChI is InChI=1S/C18H22N2O.Y/c1-13(2)16-9-6-10-20(11-16)12-17(21)19-18-14(3)7-5-8-15(18)4;/h5-11,13H,12H2,1-4H3;/p+1. The molecule has 1 heterocycles. The average molecular weight is 372 g/mol. The van der Waals surface area contributed by atoms with Gasteiger partial charge in [-0.3, -0.25) is 4.79 Å². The second kappa shape index (κ2) is 8.54. The van der Waals surface area contributed by atoms with Crippen LogP contribution in [0.2, 0.25) is 0 Å². The summed E-state index contributed by atoms with van der Waals surface area (Å²) in [5, 5.41) is 3.02. The van der Waals surface area contributed by atoms with Crippen molar-refractivity contribution < 1.29 is 42.1 Å². The third kappa shape index (κ3) is 5.00. The van der Waals surface area contributed by atoms with Crippen LogP contribution in [-0.2, 0) is 44.0 Å². The number of aryl methyl sites for hydroxylation is 2. The molecule has 0 aliphatic heterocycles. The van der Waals surface area contributed by atoms with Gasteiger partial charge in [0.1, 0.15) is 0 Å². The number of rotatable bonds is 4. The van der Waals surface area contributed by atoms with Crippen LogP contribution in [0.1, 0.15) is 36.5 Å². The molecule has 0 unspecified atom stereocenters. The molecule has 1 radical (unpaired) electrons. The van der Waals surface area contributed by atoms with Crippen molar-refractivity contribution in [1.82, 2.24) is 0 Å². The van der Waals surface area contributed by atoms with Gasteiger partial charge in [0.15, 0.2) is 12.4 Å². The fourth-order valence-corrected chi connectivity index (χ4v) is 2.34. The van der Waals surface area contributed by atoms with Gasteiger partial charge in [0, 0.05) is 50.0 Å². The number of hydrogen-bond acceptors (Lipinski definition) is 1. The van der Waals surface area contributed by atoms with Crippen molar-refractivity contribution >= 4 is 11.6 Å². The van der Waals surface area contributed by atoms with Gasteiger partial charge in [-0.05, 0) is 37.0 Å². The maximum Gasteiger partial charge on any atom is 0.290 e. The number of aromatic nitrogens is 1. The zero-order valence-corrected chi connectivity index (χ0v) is 16.6. The number of nitrogens with one attached hydrogen (secondary N) is 1. The Morgan fingerprint density at radius 1 is 1.14 bits per heavy atom. The van der Waals surface area contributed by atoms with Gasteiger partial charge in [-0.15, -0.1) is 0 Å². The molecule has 3 nitrogen and oxygen atoms in total. The number of carbonyl (C=O) groups excluding carboxylic acids is 1. The van der Waals surface area contributed by atoms with E-state index >= 15 is 0 Å². The molecule has 0 atom stereocenters. The number of para-hydroxylation sites is 1. The minimum absolute atomic E-state index is 0. The molecule has 4 heteroatoms. The van der Waals surface area contributed by atoms with E-state index in [1.54, 1.807) is 0 Å². The Labute approximate surface area is 158 Å². The number of carbonyl (C=O) groups is 1. The fraction of sp³-hybridized carbons (Fsp3) is 0.333. The van der Waals surface area contributed by atoms with Gasteiger partial charge in [0.25, 0.3) is 5.91 Å². The van der Waals surface area contributed by atoms with E-state index in [0.29, 0.717) is 12.5 Å². The van der Waals surface area contributed by atoms with Crippen LogP contribution in [0, 0.1) is 13.8 Å². The molecular formula is C18H23N2OY+. The monoisotopic (exact) mass is 372 g/mol. The SMILES string of the molecule is Cc1cccc(C)c1NC(=O)C[n+]1cccc(C(C)C)c1.[Y]. The van der Waals surface area contributed by atoms with Gasteiger partial charge in [0.05, 0.1) is 0 Å². The molecule has 2 aromatic rings. The summed E-state index contributed by atoms with van der Waals surface area (Å²) in [6.45, 7) is 8.64. The van der Waals surface area contributed by atoms with Crippen LogP contribution in [0.25, 0.3) is 0 Å². The number of hydrogen-bond donors (Lipinski definition) is 1. The summed E-state index contributed by atoms with van der Waals surface area (Å²) in [6, 6.07) is 10.1. The van der Waals surface area contributed by atoms with Gasteiger partial charge in [-0.1, -0.05) is 32.0 Å². The molecule has 22 heavy (non-hydrogen) atoms. The number of benzene rings is 1. The van der Waals surface area contributed by atoms with Crippen LogP contribution in [0.3, 0.4) is 0 Å². The van der Waals surface area contributed by atoms with E-state index in [4.69, 9.17) is 0 Å². The normalized spacial score (nSPS) is 10.2. The second-order valence-electron chi connectivity index (χ2n) is 5.78. The van der Waals surface area contributed by atoms with Crippen LogP contribution < -0.4 is 9.88 Å². The predicted molar refractivity (Wildman–Crippen MR) is 85.3 cm³/mol. The molecule has 0 saturated carbocycles. The molecular weight excluding hydrogens is 349 g/mol. The minimum atomic E-state index is -0.00157. The van der Waals surface area contributed by atoms with Crippen molar-refractivity contribution in [3.63, 3.8) is 0 Å². The zero-order chi connectivity index (χ0) is 15.4. The number of pyridine rings is 1. The van der Waals surface area contributed by atoms with Gasteiger partial charge in [0.2, 0.25) is 6.54 Å². The summed E-state index contributed by atoms with van der Waals surface area (Å²) in [6.07, 6.45) is 3.96. The van der Waals surface area contributed by atoms with Crippen LogP contribution in [0.5, 0.6) is 0 Å². The van der Waals surface area contributed by atoms with E-state index in [1.807, 2.05) is 55.1 Å². The number of anilines is 1. The first-order valence-corrected chi connectivity index (χ1v) is 7.32. The Balaban J connectivity index is 0.00000242. The molecule has 0 fully saturated rings. The van der Waals surface area contributed by atoms with Crippen LogP contribution in [0.4, 0.5) is 5.69 Å². The number of amides is 1. The van der Waals surface area contributed by atoms with Crippen molar-refractivity contribution in [2.24, 2.45) is 0 Å². The second-order valence-corrected chi connectivity index (χ2v) is 5.78. The van der Waals surface area contributed by atoms with Crippen LogP contribution >= 0.6 is 0 Å². The minimum Gasteiger partial charge on any atom is -0.320 e. The van der Waals surface area contributed by atoms with E-state index < -0.39 is 0 Å². The Hall–Kier alpha value is -1.06. The zero-order valence-electron chi connectivity index (χ0n) is 13.8. The molecule has 1 aromatic heterocycles. The van der Waals surface area contributed by atoms with Crippen molar-refractivity contribution in [2.75, 3.05) is 5.32 Å². The van der Waals surface area contributed by atoms with Crippen molar-refractivity contribution in [2.45, 2.75) is 40.2 Å². The third-order valence-electron chi connectivity index (χ3n) is 3.62. The van der Waals surface area contributed by atoms with E-state index in [-0.39, 0.29) is 38.6 Å². The summed E-state index contributed by atoms with van der Waals surface area (Å²) in [4.78, 5) is 12.2. The Bertz CT molecular complexity index is 633. The van der Waals surface area contributed by atoms with Crippen molar-refractivity contribution in [3.8, 4) is 0 Å². The summed E-state index contributed by atoms with van der Waals surface area (Å²) in [7, 11) is 0. The van der Waals surface area contributed by atoms with Crippen LogP contribution in [0.15, 0.2) is 42.7 Å². The molecule has 113 valence electrons. The van der Waals surface area contributed by atoms with Gasteiger partial charge in [-0.2, -0.15) is 4.57 Å². The molecule has 0 spiro atoms. The summed E-state index contributed by atoms with van der Waals surface area (Å²) < 4.78 is 1.93. The molecule has 0 aliphatic rings.